The molecule has 2 aromatic rings. The molecule has 0 spiro atoms. The maximum atomic E-state index is 12.4. The van der Waals surface area contributed by atoms with E-state index in [0.717, 1.165) is 22.3 Å². The van der Waals surface area contributed by atoms with Crippen molar-refractivity contribution in [2.45, 2.75) is 13.1 Å². The lowest BCUT2D eigenvalue weighted by molar-refractivity contribution is -0.137. The minimum atomic E-state index is -4.39. The Bertz CT molecular complexity index is 634. The van der Waals surface area contributed by atoms with Gasteiger partial charge < -0.3 is 0 Å². The average Bonchev–Trinajstić information content (AvgIpc) is 2.45. The topological polar surface area (TPSA) is 37.3 Å². The van der Waals surface area contributed by atoms with Crippen LogP contribution in [-0.4, -0.2) is 10.7 Å². The van der Waals surface area contributed by atoms with Crippen molar-refractivity contribution >= 4 is 27.5 Å². The second-order valence-electron chi connectivity index (χ2n) is 4.25. The van der Waals surface area contributed by atoms with Crippen molar-refractivity contribution in [2.75, 3.05) is 5.43 Å². The molecular formula is C14H11BrF3N3. The summed E-state index contributed by atoms with van der Waals surface area (Å²) in [7, 11) is 0. The fourth-order valence-electron chi connectivity index (χ4n) is 1.52. The number of nitrogens with one attached hydrogen (secondary N) is 1. The summed E-state index contributed by atoms with van der Waals surface area (Å²) in [6.07, 6.45) is -3.62. The smallest absolute Gasteiger partial charge is 0.261 e. The zero-order chi connectivity index (χ0) is 15.5. The van der Waals surface area contributed by atoms with Crippen LogP contribution >= 0.6 is 15.9 Å². The molecule has 0 saturated carbocycles. The number of alkyl halides is 3. The van der Waals surface area contributed by atoms with Gasteiger partial charge in [-0.25, -0.2) is 4.98 Å². The molecule has 0 aliphatic rings. The molecule has 0 amide bonds. The summed E-state index contributed by atoms with van der Waals surface area (Å²) in [4.78, 5) is 3.68. The van der Waals surface area contributed by atoms with E-state index in [-0.39, 0.29) is 5.82 Å². The molecule has 0 saturated heterocycles. The predicted molar refractivity (Wildman–Crippen MR) is 79.2 cm³/mol. The number of hydrogen-bond acceptors (Lipinski definition) is 3. The van der Waals surface area contributed by atoms with Gasteiger partial charge in [0.15, 0.2) is 0 Å². The molecule has 1 aromatic heterocycles. The first kappa shape index (κ1) is 15.5. The van der Waals surface area contributed by atoms with Gasteiger partial charge in [-0.05, 0) is 36.8 Å². The van der Waals surface area contributed by atoms with Crippen LogP contribution in [0.25, 0.3) is 0 Å². The summed E-state index contributed by atoms with van der Waals surface area (Å²) in [5, 5.41) is 4.09. The Hall–Kier alpha value is -1.89. The van der Waals surface area contributed by atoms with Crippen LogP contribution < -0.4 is 5.43 Å². The number of halogens is 4. The van der Waals surface area contributed by atoms with Gasteiger partial charge in [-0.1, -0.05) is 28.1 Å². The van der Waals surface area contributed by atoms with Crippen molar-refractivity contribution in [1.82, 2.24) is 4.98 Å². The monoisotopic (exact) mass is 357 g/mol. The second kappa shape index (κ2) is 6.26. The summed E-state index contributed by atoms with van der Waals surface area (Å²) >= 11 is 3.34. The van der Waals surface area contributed by atoms with Crippen molar-refractivity contribution in [3.05, 3.63) is 58.2 Å². The Morgan fingerprint density at radius 3 is 2.33 bits per heavy atom. The van der Waals surface area contributed by atoms with Crippen LogP contribution in [0.3, 0.4) is 0 Å². The maximum absolute atomic E-state index is 12.4. The van der Waals surface area contributed by atoms with E-state index in [0.29, 0.717) is 5.71 Å². The second-order valence-corrected chi connectivity index (χ2v) is 5.16. The lowest BCUT2D eigenvalue weighted by Crippen LogP contribution is -2.06. The van der Waals surface area contributed by atoms with E-state index in [4.69, 9.17) is 0 Å². The predicted octanol–water partition coefficient (Wildman–Crippen LogP) is 4.70. The number of aromatic nitrogens is 1. The molecule has 0 unspecified atom stereocenters. The number of benzene rings is 1. The Kier molecular flexibility index (Phi) is 4.62. The average molecular weight is 358 g/mol. The normalized spacial score (nSPS) is 12.3. The van der Waals surface area contributed by atoms with Gasteiger partial charge in [-0.15, -0.1) is 0 Å². The van der Waals surface area contributed by atoms with E-state index in [1.165, 1.54) is 6.07 Å². The largest absolute Gasteiger partial charge is 0.417 e. The minimum Gasteiger partial charge on any atom is -0.261 e. The van der Waals surface area contributed by atoms with Gasteiger partial charge >= 0.3 is 6.18 Å². The number of nitrogens with zero attached hydrogens (tertiary/aromatic N) is 2. The van der Waals surface area contributed by atoms with Gasteiger partial charge in [0.2, 0.25) is 0 Å². The molecule has 0 aliphatic heterocycles. The van der Waals surface area contributed by atoms with Gasteiger partial charge in [-0.3, -0.25) is 5.43 Å². The van der Waals surface area contributed by atoms with Crippen LogP contribution in [0.2, 0.25) is 0 Å². The fourth-order valence-corrected chi connectivity index (χ4v) is 1.79. The molecular weight excluding hydrogens is 347 g/mol. The highest BCUT2D eigenvalue weighted by Gasteiger charge is 2.30. The quantitative estimate of drug-likeness (QED) is 0.638. The van der Waals surface area contributed by atoms with Crippen molar-refractivity contribution in [1.29, 1.82) is 0 Å². The summed E-state index contributed by atoms with van der Waals surface area (Å²) in [5.41, 5.74) is 3.44. The fraction of sp³-hybridized carbons (Fsp3) is 0.143. The molecule has 1 N–H and O–H groups in total. The molecule has 0 fully saturated rings. The van der Waals surface area contributed by atoms with Crippen LogP contribution in [0.5, 0.6) is 0 Å². The molecule has 1 heterocycles. The molecule has 3 nitrogen and oxygen atoms in total. The molecule has 0 atom stereocenters. The first-order valence-corrected chi connectivity index (χ1v) is 6.75. The van der Waals surface area contributed by atoms with Gasteiger partial charge in [-0.2, -0.15) is 18.3 Å². The highest BCUT2D eigenvalue weighted by Crippen LogP contribution is 2.28. The molecule has 21 heavy (non-hydrogen) atoms. The van der Waals surface area contributed by atoms with E-state index < -0.39 is 11.7 Å². The molecule has 2 rings (SSSR count). The lowest BCUT2D eigenvalue weighted by atomic mass is 10.1. The van der Waals surface area contributed by atoms with Crippen molar-refractivity contribution in [2.24, 2.45) is 5.10 Å². The number of anilines is 1. The van der Waals surface area contributed by atoms with Crippen molar-refractivity contribution < 1.29 is 13.2 Å². The first-order valence-electron chi connectivity index (χ1n) is 5.96. The Morgan fingerprint density at radius 2 is 1.81 bits per heavy atom. The van der Waals surface area contributed by atoms with Crippen LogP contribution in [0.1, 0.15) is 18.1 Å². The third-order valence-electron chi connectivity index (χ3n) is 2.69. The van der Waals surface area contributed by atoms with Gasteiger partial charge in [0.05, 0.1) is 11.3 Å². The molecule has 110 valence electrons. The van der Waals surface area contributed by atoms with Crippen LogP contribution in [-0.2, 0) is 6.18 Å². The minimum absolute atomic E-state index is 0.250. The Balaban J connectivity index is 2.08. The van der Waals surface area contributed by atoms with Gasteiger partial charge in [0.25, 0.3) is 0 Å². The number of hydrazone groups is 1. The van der Waals surface area contributed by atoms with Gasteiger partial charge in [0, 0.05) is 10.7 Å². The van der Waals surface area contributed by atoms with Gasteiger partial charge in [0.1, 0.15) is 5.82 Å². The van der Waals surface area contributed by atoms with E-state index in [2.05, 4.69) is 31.4 Å². The summed E-state index contributed by atoms with van der Waals surface area (Å²) in [6, 6.07) is 9.71. The first-order chi connectivity index (χ1) is 9.86. The summed E-state index contributed by atoms with van der Waals surface area (Å²) < 4.78 is 38.1. The summed E-state index contributed by atoms with van der Waals surface area (Å²) in [5.74, 6) is 0.250. The third kappa shape index (κ3) is 4.29. The van der Waals surface area contributed by atoms with Crippen LogP contribution in [0, 0.1) is 0 Å². The summed E-state index contributed by atoms with van der Waals surface area (Å²) in [6.45, 7) is 1.79. The molecule has 0 bridgehead atoms. The van der Waals surface area contributed by atoms with E-state index in [9.17, 15) is 13.2 Å². The lowest BCUT2D eigenvalue weighted by Gasteiger charge is -2.07. The number of pyridine rings is 1. The highest BCUT2D eigenvalue weighted by molar-refractivity contribution is 9.10. The third-order valence-corrected chi connectivity index (χ3v) is 3.22. The number of hydrogen-bond donors (Lipinski definition) is 1. The standard InChI is InChI=1S/C14H11BrF3N3/c1-9(10-2-5-12(15)6-3-10)20-21-13-7-4-11(8-19-13)14(16,17)18/h2-8H,1H3,(H,19,21)/b20-9+. The zero-order valence-electron chi connectivity index (χ0n) is 10.9. The van der Waals surface area contributed by atoms with Crippen LogP contribution in [0.4, 0.5) is 19.0 Å². The SMILES string of the molecule is C/C(=N\Nc1ccc(C(F)(F)F)cn1)c1ccc(Br)cc1. The Labute approximate surface area is 128 Å². The van der Waals surface area contributed by atoms with E-state index in [1.54, 1.807) is 6.92 Å². The van der Waals surface area contributed by atoms with Crippen molar-refractivity contribution in [3.63, 3.8) is 0 Å². The van der Waals surface area contributed by atoms with Crippen molar-refractivity contribution in [3.8, 4) is 0 Å². The molecule has 0 aliphatic carbocycles. The maximum Gasteiger partial charge on any atom is 0.417 e. The number of rotatable bonds is 3. The highest BCUT2D eigenvalue weighted by atomic mass is 79.9. The molecule has 0 radical (unpaired) electrons. The van der Waals surface area contributed by atoms with Crippen LogP contribution in [0.15, 0.2) is 52.2 Å². The molecule has 1 aromatic carbocycles. The van der Waals surface area contributed by atoms with E-state index >= 15 is 0 Å². The Morgan fingerprint density at radius 1 is 1.14 bits per heavy atom. The van der Waals surface area contributed by atoms with E-state index in [1.807, 2.05) is 24.3 Å². The zero-order valence-corrected chi connectivity index (χ0v) is 12.5. The molecule has 7 heteroatoms.